The molecule has 0 heterocycles. The van der Waals surface area contributed by atoms with Gasteiger partial charge in [0.15, 0.2) is 0 Å². The molecule has 0 bridgehead atoms. The Morgan fingerprint density at radius 2 is 2.15 bits per heavy atom. The molecular weight excluding hydrogens is 158 g/mol. The zero-order chi connectivity index (χ0) is 9.68. The third kappa shape index (κ3) is 2.71. The molecule has 13 heavy (non-hydrogen) atoms. The second-order valence-corrected chi connectivity index (χ2v) is 3.33. The largest absolute Gasteiger partial charge is 0.324 e. The third-order valence-electron chi connectivity index (χ3n) is 2.27. The number of hydrogen-bond acceptors (Lipinski definition) is 1. The van der Waals surface area contributed by atoms with Crippen LogP contribution in [0, 0.1) is 6.92 Å². The van der Waals surface area contributed by atoms with Crippen molar-refractivity contribution in [3.63, 3.8) is 0 Å². The highest BCUT2D eigenvalue weighted by Gasteiger charge is 2.06. The summed E-state index contributed by atoms with van der Waals surface area (Å²) < 4.78 is 0. The Bertz CT molecular complexity index is 278. The number of benzene rings is 1. The predicted molar refractivity (Wildman–Crippen MR) is 57.5 cm³/mol. The lowest BCUT2D eigenvalue weighted by molar-refractivity contribution is 0.657. The standard InChI is InChI=1S/C12H17N/c1-3-4-9-12(13)11-8-6-5-7-10(11)2/h3,5-8,12H,1,4,9,13H2,2H3. The van der Waals surface area contributed by atoms with Crippen LogP contribution in [0.5, 0.6) is 0 Å². The fourth-order valence-electron chi connectivity index (χ4n) is 1.46. The molecule has 1 rings (SSSR count). The van der Waals surface area contributed by atoms with Gasteiger partial charge in [-0.1, -0.05) is 30.3 Å². The van der Waals surface area contributed by atoms with Crippen molar-refractivity contribution in [2.45, 2.75) is 25.8 Å². The van der Waals surface area contributed by atoms with E-state index < -0.39 is 0 Å². The highest BCUT2D eigenvalue weighted by Crippen LogP contribution is 2.19. The Kier molecular flexibility index (Phi) is 3.71. The molecule has 1 unspecified atom stereocenters. The van der Waals surface area contributed by atoms with Gasteiger partial charge >= 0.3 is 0 Å². The Labute approximate surface area is 80.3 Å². The molecule has 1 aromatic carbocycles. The summed E-state index contributed by atoms with van der Waals surface area (Å²) in [7, 11) is 0. The molecule has 0 spiro atoms. The van der Waals surface area contributed by atoms with Gasteiger partial charge in [-0.2, -0.15) is 0 Å². The molecule has 0 radical (unpaired) electrons. The summed E-state index contributed by atoms with van der Waals surface area (Å²) in [6.45, 7) is 5.79. The summed E-state index contributed by atoms with van der Waals surface area (Å²) in [5.74, 6) is 0. The van der Waals surface area contributed by atoms with E-state index in [9.17, 15) is 0 Å². The molecule has 0 fully saturated rings. The van der Waals surface area contributed by atoms with E-state index in [1.165, 1.54) is 11.1 Å². The molecule has 0 saturated carbocycles. The lowest BCUT2D eigenvalue weighted by Crippen LogP contribution is -2.11. The highest BCUT2D eigenvalue weighted by atomic mass is 14.6. The molecule has 70 valence electrons. The smallest absolute Gasteiger partial charge is 0.0300 e. The lowest BCUT2D eigenvalue weighted by atomic mass is 9.98. The number of nitrogens with two attached hydrogens (primary N) is 1. The van der Waals surface area contributed by atoms with Gasteiger partial charge in [0, 0.05) is 6.04 Å². The van der Waals surface area contributed by atoms with E-state index in [0.717, 1.165) is 12.8 Å². The maximum atomic E-state index is 6.03. The van der Waals surface area contributed by atoms with Crippen molar-refractivity contribution in [1.29, 1.82) is 0 Å². The minimum Gasteiger partial charge on any atom is -0.324 e. The average molecular weight is 175 g/mol. The normalized spacial score (nSPS) is 12.5. The molecule has 0 aromatic heterocycles. The van der Waals surface area contributed by atoms with Gasteiger partial charge < -0.3 is 5.73 Å². The van der Waals surface area contributed by atoms with Crippen molar-refractivity contribution in [3.05, 3.63) is 48.0 Å². The third-order valence-corrected chi connectivity index (χ3v) is 2.27. The lowest BCUT2D eigenvalue weighted by Gasteiger charge is -2.13. The van der Waals surface area contributed by atoms with Gasteiger partial charge in [0.2, 0.25) is 0 Å². The van der Waals surface area contributed by atoms with Crippen LogP contribution in [0.15, 0.2) is 36.9 Å². The fraction of sp³-hybridized carbons (Fsp3) is 0.333. The summed E-state index contributed by atoms with van der Waals surface area (Å²) in [6, 6.07) is 8.43. The first-order valence-corrected chi connectivity index (χ1v) is 4.67. The summed E-state index contributed by atoms with van der Waals surface area (Å²) in [5.41, 5.74) is 8.57. The summed E-state index contributed by atoms with van der Waals surface area (Å²) in [6.07, 6.45) is 3.88. The van der Waals surface area contributed by atoms with Crippen molar-refractivity contribution in [3.8, 4) is 0 Å². The maximum absolute atomic E-state index is 6.03. The van der Waals surface area contributed by atoms with E-state index >= 15 is 0 Å². The molecule has 1 nitrogen and oxygen atoms in total. The van der Waals surface area contributed by atoms with Gasteiger partial charge in [0.05, 0.1) is 0 Å². The highest BCUT2D eigenvalue weighted by molar-refractivity contribution is 5.28. The SMILES string of the molecule is C=CCCC(N)c1ccccc1C. The first-order valence-electron chi connectivity index (χ1n) is 4.67. The zero-order valence-electron chi connectivity index (χ0n) is 8.16. The minimum atomic E-state index is 0.152. The average Bonchev–Trinajstić information content (AvgIpc) is 2.15. The molecule has 0 aliphatic carbocycles. The van der Waals surface area contributed by atoms with Gasteiger partial charge in [-0.25, -0.2) is 0 Å². The van der Waals surface area contributed by atoms with Crippen molar-refractivity contribution in [2.24, 2.45) is 5.73 Å². The van der Waals surface area contributed by atoms with Gasteiger partial charge in [0.1, 0.15) is 0 Å². The van der Waals surface area contributed by atoms with Crippen molar-refractivity contribution < 1.29 is 0 Å². The Morgan fingerprint density at radius 3 is 2.77 bits per heavy atom. The van der Waals surface area contributed by atoms with Crippen LogP contribution in [-0.2, 0) is 0 Å². The van der Waals surface area contributed by atoms with Crippen LogP contribution in [-0.4, -0.2) is 0 Å². The predicted octanol–water partition coefficient (Wildman–Crippen LogP) is 2.96. The Balaban J connectivity index is 2.70. The number of allylic oxidation sites excluding steroid dienone is 1. The van der Waals surface area contributed by atoms with Crippen LogP contribution >= 0.6 is 0 Å². The van der Waals surface area contributed by atoms with Gasteiger partial charge in [-0.3, -0.25) is 0 Å². The van der Waals surface area contributed by atoms with Crippen molar-refractivity contribution in [2.75, 3.05) is 0 Å². The van der Waals surface area contributed by atoms with Crippen molar-refractivity contribution in [1.82, 2.24) is 0 Å². The Hall–Kier alpha value is -1.08. The van der Waals surface area contributed by atoms with Crippen LogP contribution in [0.1, 0.15) is 30.0 Å². The first-order chi connectivity index (χ1) is 6.25. The second kappa shape index (κ2) is 4.83. The molecule has 0 aliphatic rings. The maximum Gasteiger partial charge on any atom is 0.0300 e. The van der Waals surface area contributed by atoms with Crippen LogP contribution < -0.4 is 5.73 Å². The number of aryl methyl sites for hydroxylation is 1. The van der Waals surface area contributed by atoms with Crippen LogP contribution in [0.4, 0.5) is 0 Å². The first kappa shape index (κ1) is 10.0. The topological polar surface area (TPSA) is 26.0 Å². The molecule has 1 aromatic rings. The molecule has 0 saturated heterocycles. The Morgan fingerprint density at radius 1 is 1.46 bits per heavy atom. The molecule has 2 N–H and O–H groups in total. The molecule has 0 amide bonds. The van der Waals surface area contributed by atoms with E-state index in [1.54, 1.807) is 0 Å². The monoisotopic (exact) mass is 175 g/mol. The summed E-state index contributed by atoms with van der Waals surface area (Å²) in [5, 5.41) is 0. The number of rotatable bonds is 4. The minimum absolute atomic E-state index is 0.152. The summed E-state index contributed by atoms with van der Waals surface area (Å²) >= 11 is 0. The van der Waals surface area contributed by atoms with E-state index in [-0.39, 0.29) is 6.04 Å². The number of hydrogen-bond donors (Lipinski definition) is 1. The second-order valence-electron chi connectivity index (χ2n) is 3.33. The van der Waals surface area contributed by atoms with Crippen LogP contribution in [0.25, 0.3) is 0 Å². The van der Waals surface area contributed by atoms with Crippen LogP contribution in [0.3, 0.4) is 0 Å². The van der Waals surface area contributed by atoms with Crippen molar-refractivity contribution >= 4 is 0 Å². The van der Waals surface area contributed by atoms with Gasteiger partial charge in [-0.15, -0.1) is 6.58 Å². The van der Waals surface area contributed by atoms with Gasteiger partial charge in [-0.05, 0) is 30.9 Å². The molecule has 0 aliphatic heterocycles. The summed E-state index contributed by atoms with van der Waals surface area (Å²) in [4.78, 5) is 0. The fourth-order valence-corrected chi connectivity index (χ4v) is 1.46. The van der Waals surface area contributed by atoms with Gasteiger partial charge in [0.25, 0.3) is 0 Å². The molecule has 1 atom stereocenters. The van der Waals surface area contributed by atoms with E-state index in [4.69, 9.17) is 5.73 Å². The quantitative estimate of drug-likeness (QED) is 0.699. The van der Waals surface area contributed by atoms with E-state index in [2.05, 4.69) is 25.6 Å². The zero-order valence-corrected chi connectivity index (χ0v) is 8.16. The van der Waals surface area contributed by atoms with Crippen LogP contribution in [0.2, 0.25) is 0 Å². The van der Waals surface area contributed by atoms with E-state index in [1.807, 2.05) is 18.2 Å². The molecular formula is C12H17N. The van der Waals surface area contributed by atoms with E-state index in [0.29, 0.717) is 0 Å². The molecule has 1 heteroatoms.